The zero-order chi connectivity index (χ0) is 13.3. The summed E-state index contributed by atoms with van der Waals surface area (Å²) in [6, 6.07) is 0. The van der Waals surface area contributed by atoms with Gasteiger partial charge in [0.1, 0.15) is 0 Å². The summed E-state index contributed by atoms with van der Waals surface area (Å²) in [5.41, 5.74) is 0. The molecule has 0 rings (SSSR count). The molecule has 0 aliphatic heterocycles. The Labute approximate surface area is 104 Å². The second kappa shape index (κ2) is 8.47. The van der Waals surface area contributed by atoms with E-state index >= 15 is 0 Å². The Balaban J connectivity index is 3.48. The largest absolute Gasteiger partial charge is 0.481 e. The summed E-state index contributed by atoms with van der Waals surface area (Å²) >= 11 is 0. The first-order valence-corrected chi connectivity index (χ1v) is 7.82. The Kier molecular flexibility index (Phi) is 8.16. The minimum absolute atomic E-state index is 0.174. The van der Waals surface area contributed by atoms with Gasteiger partial charge in [0.15, 0.2) is 9.84 Å². The van der Waals surface area contributed by atoms with Crippen molar-refractivity contribution in [2.45, 2.75) is 33.1 Å². The maximum absolute atomic E-state index is 11.2. The lowest BCUT2D eigenvalue weighted by atomic mass is 10.0. The maximum Gasteiger partial charge on any atom is 0.303 e. The summed E-state index contributed by atoms with van der Waals surface area (Å²) in [4.78, 5) is 10.3. The quantitative estimate of drug-likeness (QED) is 0.573. The van der Waals surface area contributed by atoms with E-state index in [-0.39, 0.29) is 17.9 Å². The van der Waals surface area contributed by atoms with Crippen LogP contribution in [0.15, 0.2) is 0 Å². The van der Waals surface area contributed by atoms with Gasteiger partial charge in [-0.15, -0.1) is 0 Å². The van der Waals surface area contributed by atoms with Crippen molar-refractivity contribution in [2.24, 2.45) is 5.92 Å². The van der Waals surface area contributed by atoms with Crippen molar-refractivity contribution in [1.29, 1.82) is 0 Å². The van der Waals surface area contributed by atoms with Crippen molar-refractivity contribution in [3.05, 3.63) is 0 Å². The second-order valence-electron chi connectivity index (χ2n) is 4.31. The van der Waals surface area contributed by atoms with Gasteiger partial charge in [-0.1, -0.05) is 13.8 Å². The number of carboxylic acid groups (broad SMARTS) is 1. The van der Waals surface area contributed by atoms with E-state index in [0.29, 0.717) is 18.9 Å². The third kappa shape index (κ3) is 10.3. The van der Waals surface area contributed by atoms with Crippen molar-refractivity contribution >= 4 is 15.8 Å². The van der Waals surface area contributed by atoms with E-state index in [1.54, 1.807) is 6.92 Å². The van der Waals surface area contributed by atoms with Crippen LogP contribution in [0.4, 0.5) is 0 Å². The molecule has 0 spiro atoms. The molecule has 0 radical (unpaired) electrons. The first kappa shape index (κ1) is 16.4. The van der Waals surface area contributed by atoms with Gasteiger partial charge in [-0.2, -0.15) is 0 Å². The number of hydrogen-bond acceptors (Lipinski definition) is 4. The molecular formula is C11H23NO4S. The van der Waals surface area contributed by atoms with E-state index in [1.807, 2.05) is 6.92 Å². The van der Waals surface area contributed by atoms with E-state index in [1.165, 1.54) is 0 Å². The summed E-state index contributed by atoms with van der Waals surface area (Å²) in [5, 5.41) is 11.6. The van der Waals surface area contributed by atoms with Crippen LogP contribution in [0.25, 0.3) is 0 Å². The molecule has 102 valence electrons. The van der Waals surface area contributed by atoms with Gasteiger partial charge in [0.2, 0.25) is 0 Å². The van der Waals surface area contributed by atoms with Gasteiger partial charge in [-0.05, 0) is 25.3 Å². The molecule has 1 unspecified atom stereocenters. The number of hydrogen-bond donors (Lipinski definition) is 2. The minimum Gasteiger partial charge on any atom is -0.481 e. The molecule has 2 N–H and O–H groups in total. The molecule has 0 aliphatic carbocycles. The molecule has 6 heteroatoms. The standard InChI is InChI=1S/C11H23NO4S/c1-3-17(15,16)9-8-12-7-6-10(2)4-5-11(13)14/h10,12H,3-9H2,1-2H3,(H,13,14). The summed E-state index contributed by atoms with van der Waals surface area (Å²) in [5.74, 6) is -0.0586. The molecule has 0 heterocycles. The first-order chi connectivity index (χ1) is 7.87. The highest BCUT2D eigenvalue weighted by Gasteiger charge is 2.07. The topological polar surface area (TPSA) is 83.5 Å². The van der Waals surface area contributed by atoms with Gasteiger partial charge in [-0.25, -0.2) is 8.42 Å². The number of carboxylic acids is 1. The molecule has 0 aromatic heterocycles. The van der Waals surface area contributed by atoms with Crippen molar-refractivity contribution in [3.8, 4) is 0 Å². The Morgan fingerprint density at radius 3 is 2.47 bits per heavy atom. The monoisotopic (exact) mass is 265 g/mol. The van der Waals surface area contributed by atoms with Gasteiger partial charge in [0.25, 0.3) is 0 Å². The molecule has 0 aromatic rings. The minimum atomic E-state index is -2.88. The Bertz CT molecular complexity index is 313. The summed E-state index contributed by atoms with van der Waals surface area (Å²) < 4.78 is 22.3. The normalized spacial score (nSPS) is 13.5. The van der Waals surface area contributed by atoms with E-state index in [4.69, 9.17) is 5.11 Å². The fourth-order valence-electron chi connectivity index (χ4n) is 1.36. The van der Waals surface area contributed by atoms with Gasteiger partial charge in [0, 0.05) is 18.7 Å². The lowest BCUT2D eigenvalue weighted by Gasteiger charge is -2.10. The first-order valence-electron chi connectivity index (χ1n) is 6.00. The van der Waals surface area contributed by atoms with Gasteiger partial charge >= 0.3 is 5.97 Å². The highest BCUT2D eigenvalue weighted by molar-refractivity contribution is 7.91. The SMILES string of the molecule is CCS(=O)(=O)CCNCCC(C)CCC(=O)O. The number of sulfone groups is 1. The van der Waals surface area contributed by atoms with Crippen LogP contribution in [0.2, 0.25) is 0 Å². The molecule has 0 amide bonds. The van der Waals surface area contributed by atoms with Crippen LogP contribution >= 0.6 is 0 Å². The van der Waals surface area contributed by atoms with Crippen LogP contribution in [0, 0.1) is 5.92 Å². The van der Waals surface area contributed by atoms with E-state index in [2.05, 4.69) is 5.32 Å². The maximum atomic E-state index is 11.2. The van der Waals surface area contributed by atoms with Gasteiger partial charge < -0.3 is 10.4 Å². The van der Waals surface area contributed by atoms with Crippen LogP contribution in [0.1, 0.15) is 33.1 Å². The molecule has 17 heavy (non-hydrogen) atoms. The molecule has 0 fully saturated rings. The van der Waals surface area contributed by atoms with Crippen LogP contribution in [0.5, 0.6) is 0 Å². The molecule has 0 bridgehead atoms. The average molecular weight is 265 g/mol. The molecule has 0 saturated carbocycles. The van der Waals surface area contributed by atoms with Crippen LogP contribution < -0.4 is 5.32 Å². The average Bonchev–Trinajstić information content (AvgIpc) is 2.25. The Morgan fingerprint density at radius 2 is 1.94 bits per heavy atom. The van der Waals surface area contributed by atoms with Crippen LogP contribution in [-0.2, 0) is 14.6 Å². The van der Waals surface area contributed by atoms with E-state index < -0.39 is 15.8 Å². The third-order valence-electron chi connectivity index (χ3n) is 2.69. The van der Waals surface area contributed by atoms with Gasteiger partial charge in [-0.3, -0.25) is 4.79 Å². The fourth-order valence-corrected chi connectivity index (χ4v) is 2.10. The van der Waals surface area contributed by atoms with Crippen molar-refractivity contribution < 1.29 is 18.3 Å². The van der Waals surface area contributed by atoms with Crippen molar-refractivity contribution in [3.63, 3.8) is 0 Å². The molecule has 1 atom stereocenters. The van der Waals surface area contributed by atoms with Crippen LogP contribution in [-0.4, -0.2) is 44.1 Å². The number of aliphatic carboxylic acids is 1. The molecule has 5 nitrogen and oxygen atoms in total. The molecule has 0 aliphatic rings. The number of nitrogens with one attached hydrogen (secondary N) is 1. The molecule has 0 saturated heterocycles. The lowest BCUT2D eigenvalue weighted by molar-refractivity contribution is -0.137. The molecular weight excluding hydrogens is 242 g/mol. The van der Waals surface area contributed by atoms with E-state index in [9.17, 15) is 13.2 Å². The second-order valence-corrected chi connectivity index (χ2v) is 6.79. The highest BCUT2D eigenvalue weighted by atomic mass is 32.2. The Hall–Kier alpha value is -0.620. The van der Waals surface area contributed by atoms with E-state index in [0.717, 1.165) is 13.0 Å². The fraction of sp³-hybridized carbons (Fsp3) is 0.909. The Morgan fingerprint density at radius 1 is 1.29 bits per heavy atom. The lowest BCUT2D eigenvalue weighted by Crippen LogP contribution is -2.25. The van der Waals surface area contributed by atoms with Crippen LogP contribution in [0.3, 0.4) is 0 Å². The molecule has 0 aromatic carbocycles. The predicted octanol–water partition coefficient (Wildman–Crippen LogP) is 0.902. The highest BCUT2D eigenvalue weighted by Crippen LogP contribution is 2.08. The van der Waals surface area contributed by atoms with Crippen molar-refractivity contribution in [1.82, 2.24) is 5.32 Å². The number of carbonyl (C=O) groups is 1. The summed E-state index contributed by atoms with van der Waals surface area (Å²) in [7, 11) is -2.88. The predicted molar refractivity (Wildman–Crippen MR) is 67.8 cm³/mol. The summed E-state index contributed by atoms with van der Waals surface area (Å²) in [6.45, 7) is 4.86. The van der Waals surface area contributed by atoms with Gasteiger partial charge in [0.05, 0.1) is 5.75 Å². The zero-order valence-corrected chi connectivity index (χ0v) is 11.4. The van der Waals surface area contributed by atoms with Crippen molar-refractivity contribution in [2.75, 3.05) is 24.6 Å². The number of rotatable bonds is 10. The summed E-state index contributed by atoms with van der Waals surface area (Å²) in [6.07, 6.45) is 1.75. The third-order valence-corrected chi connectivity index (χ3v) is 4.40. The smallest absolute Gasteiger partial charge is 0.303 e. The zero-order valence-electron chi connectivity index (χ0n) is 10.6.